The van der Waals surface area contributed by atoms with Crippen molar-refractivity contribution in [3.63, 3.8) is 0 Å². The highest BCUT2D eigenvalue weighted by Crippen LogP contribution is 2.03. The summed E-state index contributed by atoms with van der Waals surface area (Å²) in [5.41, 5.74) is 6.18. The lowest BCUT2D eigenvalue weighted by atomic mass is 10.3. The lowest BCUT2D eigenvalue weighted by molar-refractivity contribution is 1.69. The van der Waals surface area contributed by atoms with Gasteiger partial charge >= 0.3 is 0 Å². The first-order valence-electron chi connectivity index (χ1n) is 2.85. The summed E-state index contributed by atoms with van der Waals surface area (Å²) in [7, 11) is 0. The highest BCUT2D eigenvalue weighted by Gasteiger charge is 1.78. The van der Waals surface area contributed by atoms with Crippen molar-refractivity contribution in [1.82, 2.24) is 0 Å². The van der Waals surface area contributed by atoms with Crippen molar-refractivity contribution in [3.05, 3.63) is 30.3 Å². The Morgan fingerprint density at radius 3 is 1.55 bits per heavy atom. The van der Waals surface area contributed by atoms with Crippen LogP contribution in [0, 0.1) is 0 Å². The summed E-state index contributed by atoms with van der Waals surface area (Å²) in [6, 6.07) is 9.49. The molecule has 1 aromatic carbocycles. The van der Waals surface area contributed by atoms with E-state index in [-0.39, 0.29) is 0 Å². The number of benzene rings is 1. The van der Waals surface area contributed by atoms with Crippen LogP contribution in [0.25, 0.3) is 0 Å². The number of nitrogens with two attached hydrogens (primary N) is 1. The van der Waals surface area contributed by atoms with E-state index in [1.165, 1.54) is 0 Å². The zero-order valence-corrected chi connectivity index (χ0v) is 7.94. The summed E-state index contributed by atoms with van der Waals surface area (Å²) in [5, 5.41) is 0. The molecule has 11 heavy (non-hydrogen) atoms. The lowest BCUT2D eigenvalue weighted by Crippen LogP contribution is -1.79. The molecule has 1 nitrogen and oxygen atoms in total. The third kappa shape index (κ3) is 9.89. The predicted molar refractivity (Wildman–Crippen MR) is 52.2 cm³/mol. The molecule has 0 saturated carbocycles. The molecule has 0 aliphatic heterocycles. The van der Waals surface area contributed by atoms with Gasteiger partial charge in [0.25, 0.3) is 0 Å². The number of alkyl halides is 3. The van der Waals surface area contributed by atoms with Gasteiger partial charge in [0.1, 0.15) is 0 Å². The van der Waals surface area contributed by atoms with Crippen LogP contribution in [0.5, 0.6) is 0 Å². The second kappa shape index (κ2) is 6.59. The van der Waals surface area contributed by atoms with Gasteiger partial charge in [0.15, 0.2) is 4.30 Å². The zero-order valence-electron chi connectivity index (χ0n) is 5.68. The maximum Gasteiger partial charge on any atom is 0.180 e. The molecule has 0 saturated heterocycles. The molecule has 0 aliphatic rings. The first kappa shape index (κ1) is 10.9. The van der Waals surface area contributed by atoms with Crippen molar-refractivity contribution in [2.24, 2.45) is 0 Å². The average Bonchev–Trinajstić information content (AvgIpc) is 1.87. The highest BCUT2D eigenvalue weighted by atomic mass is 35.6. The van der Waals surface area contributed by atoms with Gasteiger partial charge in [-0.2, -0.15) is 0 Å². The molecule has 62 valence electrons. The van der Waals surface area contributed by atoms with Crippen LogP contribution in [0.2, 0.25) is 0 Å². The molecule has 1 rings (SSSR count). The third-order valence-electron chi connectivity index (χ3n) is 0.800. The summed E-state index contributed by atoms with van der Waals surface area (Å²) in [6.45, 7) is 0. The van der Waals surface area contributed by atoms with Crippen LogP contribution < -0.4 is 5.73 Å². The number of anilines is 1. The van der Waals surface area contributed by atoms with Crippen LogP contribution in [0.4, 0.5) is 5.69 Å². The third-order valence-corrected chi connectivity index (χ3v) is 0.800. The fraction of sp³-hybridized carbons (Fsp3) is 0.143. The predicted octanol–water partition coefficient (Wildman–Crippen LogP) is 3.26. The molecule has 0 spiro atoms. The van der Waals surface area contributed by atoms with Gasteiger partial charge in [-0.05, 0) is 12.1 Å². The Bertz CT molecular complexity index is 174. The summed E-state index contributed by atoms with van der Waals surface area (Å²) in [5.74, 6) is 0. The van der Waals surface area contributed by atoms with E-state index in [9.17, 15) is 0 Å². The maximum absolute atomic E-state index is 5.36. The Labute approximate surface area is 81.1 Å². The Hall–Kier alpha value is -0.110. The molecule has 1 aromatic rings. The number of hydrogen-bond acceptors (Lipinski definition) is 1. The van der Waals surface area contributed by atoms with Gasteiger partial charge in [-0.25, -0.2) is 0 Å². The first-order chi connectivity index (χ1) is 5.13. The van der Waals surface area contributed by atoms with Crippen molar-refractivity contribution in [2.75, 3.05) is 5.73 Å². The van der Waals surface area contributed by atoms with Gasteiger partial charge < -0.3 is 5.73 Å². The molecular formula is C7H8Cl3N. The minimum absolute atomic E-state index is 0.750. The topological polar surface area (TPSA) is 26.0 Å². The van der Waals surface area contributed by atoms with E-state index in [2.05, 4.69) is 0 Å². The smallest absolute Gasteiger partial charge is 0.180 e. The summed E-state index contributed by atoms with van der Waals surface area (Å²) in [6.07, 6.45) is 0. The first-order valence-corrected chi connectivity index (χ1v) is 4.16. The largest absolute Gasteiger partial charge is 0.399 e. The van der Waals surface area contributed by atoms with Crippen molar-refractivity contribution in [3.8, 4) is 0 Å². The van der Waals surface area contributed by atoms with E-state index in [0.29, 0.717) is 0 Å². The molecule has 0 heterocycles. The average molecular weight is 213 g/mol. The molecule has 0 amide bonds. The molecule has 0 aromatic heterocycles. The second-order valence-electron chi connectivity index (χ2n) is 1.66. The van der Waals surface area contributed by atoms with Gasteiger partial charge in [0.05, 0.1) is 0 Å². The molecule has 2 N–H and O–H groups in total. The molecule has 0 aliphatic carbocycles. The Kier molecular flexibility index (Phi) is 6.52. The van der Waals surface area contributed by atoms with Gasteiger partial charge in [-0.3, -0.25) is 0 Å². The fourth-order valence-electron chi connectivity index (χ4n) is 0.453. The summed E-state index contributed by atoms with van der Waals surface area (Å²) < 4.78 is -0.750. The molecule has 4 heteroatoms. The number of nitrogen functional groups attached to an aromatic ring is 1. The van der Waals surface area contributed by atoms with Crippen LogP contribution in [0.1, 0.15) is 0 Å². The van der Waals surface area contributed by atoms with Crippen molar-refractivity contribution < 1.29 is 0 Å². The molecular weight excluding hydrogens is 204 g/mol. The highest BCUT2D eigenvalue weighted by molar-refractivity contribution is 6.63. The fourth-order valence-corrected chi connectivity index (χ4v) is 0.453. The van der Waals surface area contributed by atoms with Crippen LogP contribution >= 0.6 is 34.8 Å². The van der Waals surface area contributed by atoms with E-state index in [1.54, 1.807) is 0 Å². The van der Waals surface area contributed by atoms with E-state index >= 15 is 0 Å². The van der Waals surface area contributed by atoms with Gasteiger partial charge in [-0.15, -0.1) is 0 Å². The van der Waals surface area contributed by atoms with Crippen molar-refractivity contribution in [1.29, 1.82) is 0 Å². The molecule has 0 atom stereocenters. The van der Waals surface area contributed by atoms with E-state index in [4.69, 9.17) is 40.5 Å². The number of rotatable bonds is 0. The normalized spacial score (nSPS) is 8.73. The van der Waals surface area contributed by atoms with Crippen molar-refractivity contribution in [2.45, 2.75) is 4.30 Å². The molecule has 0 unspecified atom stereocenters. The molecule has 0 bridgehead atoms. The van der Waals surface area contributed by atoms with Crippen molar-refractivity contribution >= 4 is 40.5 Å². The van der Waals surface area contributed by atoms with Gasteiger partial charge in [0, 0.05) is 5.69 Å². The Morgan fingerprint density at radius 1 is 1.00 bits per heavy atom. The van der Waals surface area contributed by atoms with Gasteiger partial charge in [0.2, 0.25) is 0 Å². The minimum atomic E-state index is -0.750. The summed E-state index contributed by atoms with van der Waals surface area (Å²) in [4.78, 5) is 0. The SMILES string of the molecule is ClC(Cl)Cl.Nc1ccccc1. The molecule has 0 radical (unpaired) electrons. The Morgan fingerprint density at radius 2 is 1.36 bits per heavy atom. The number of para-hydroxylation sites is 1. The quantitative estimate of drug-likeness (QED) is 0.518. The van der Waals surface area contributed by atoms with E-state index in [0.717, 1.165) is 5.69 Å². The maximum atomic E-state index is 5.36. The minimum Gasteiger partial charge on any atom is -0.399 e. The lowest BCUT2D eigenvalue weighted by Gasteiger charge is -1.83. The van der Waals surface area contributed by atoms with Gasteiger partial charge in [-0.1, -0.05) is 53.0 Å². The van der Waals surface area contributed by atoms with Crippen LogP contribution in [-0.2, 0) is 0 Å². The van der Waals surface area contributed by atoms with Crippen LogP contribution in [0.15, 0.2) is 30.3 Å². The monoisotopic (exact) mass is 211 g/mol. The summed E-state index contributed by atoms with van der Waals surface area (Å²) >= 11 is 14.4. The number of halogens is 3. The number of hydrogen-bond donors (Lipinski definition) is 1. The Balaban J connectivity index is 0.000000218. The molecule has 0 fully saturated rings. The van der Waals surface area contributed by atoms with E-state index in [1.807, 2.05) is 30.3 Å². The zero-order chi connectivity index (χ0) is 8.69. The van der Waals surface area contributed by atoms with Crippen LogP contribution in [0.3, 0.4) is 0 Å². The standard InChI is InChI=1S/C6H7N.CHCl3/c7-6-4-2-1-3-5-6;2-1(3)4/h1-5H,7H2;1H. The van der Waals surface area contributed by atoms with E-state index < -0.39 is 4.30 Å². The van der Waals surface area contributed by atoms with Crippen LogP contribution in [-0.4, -0.2) is 4.30 Å². The second-order valence-corrected chi connectivity index (χ2v) is 3.64.